The van der Waals surface area contributed by atoms with E-state index in [0.717, 1.165) is 30.3 Å². The molecule has 0 aliphatic carbocycles. The van der Waals surface area contributed by atoms with Gasteiger partial charge >= 0.3 is 6.03 Å². The van der Waals surface area contributed by atoms with Crippen LogP contribution in [0.2, 0.25) is 0 Å². The summed E-state index contributed by atoms with van der Waals surface area (Å²) in [4.78, 5) is 11.7. The van der Waals surface area contributed by atoms with Crippen LogP contribution in [0, 0.1) is 23.3 Å². The van der Waals surface area contributed by atoms with Crippen LogP contribution in [0.15, 0.2) is 36.4 Å². The average molecular weight is 342 g/mol. The molecule has 3 N–H and O–H groups in total. The van der Waals surface area contributed by atoms with Gasteiger partial charge < -0.3 is 15.7 Å². The van der Waals surface area contributed by atoms with Gasteiger partial charge in [-0.15, -0.1) is 0 Å². The van der Waals surface area contributed by atoms with Crippen LogP contribution in [0.1, 0.15) is 12.5 Å². The molecule has 0 spiro atoms. The van der Waals surface area contributed by atoms with Gasteiger partial charge in [-0.25, -0.2) is 22.4 Å². The lowest BCUT2D eigenvalue weighted by Crippen LogP contribution is -2.41. The first kappa shape index (κ1) is 17.7. The minimum absolute atomic E-state index is 0.000921. The van der Waals surface area contributed by atoms with Crippen molar-refractivity contribution in [3.05, 3.63) is 65.2 Å². The highest BCUT2D eigenvalue weighted by Gasteiger charge is 2.27. The van der Waals surface area contributed by atoms with Gasteiger partial charge in [-0.3, -0.25) is 0 Å². The molecule has 0 aromatic heterocycles. The Kier molecular flexibility index (Phi) is 5.08. The maximum absolute atomic E-state index is 13.7. The molecule has 0 saturated carbocycles. The zero-order valence-corrected chi connectivity index (χ0v) is 12.5. The van der Waals surface area contributed by atoms with Crippen LogP contribution in [0.3, 0.4) is 0 Å². The van der Waals surface area contributed by atoms with Crippen LogP contribution in [0.25, 0.3) is 0 Å². The molecule has 2 aromatic rings. The Morgan fingerprint density at radius 1 is 1.04 bits per heavy atom. The quantitative estimate of drug-likeness (QED) is 0.747. The number of halogens is 4. The zero-order chi connectivity index (χ0) is 17.9. The second kappa shape index (κ2) is 6.88. The van der Waals surface area contributed by atoms with Gasteiger partial charge in [0.05, 0.1) is 6.54 Å². The van der Waals surface area contributed by atoms with E-state index < -0.39 is 41.4 Å². The summed E-state index contributed by atoms with van der Waals surface area (Å²) in [6.45, 7) is 0.840. The van der Waals surface area contributed by atoms with Crippen LogP contribution >= 0.6 is 0 Å². The number of urea groups is 1. The average Bonchev–Trinajstić information content (AvgIpc) is 2.49. The molecular formula is C16H14F4N2O2. The monoisotopic (exact) mass is 342 g/mol. The fourth-order valence-electron chi connectivity index (χ4n) is 2.02. The number of anilines is 1. The van der Waals surface area contributed by atoms with Crippen molar-refractivity contribution in [1.82, 2.24) is 5.32 Å². The lowest BCUT2D eigenvalue weighted by molar-refractivity contribution is 0.0561. The highest BCUT2D eigenvalue weighted by atomic mass is 19.2. The molecular weight excluding hydrogens is 328 g/mol. The first-order chi connectivity index (χ1) is 11.2. The minimum Gasteiger partial charge on any atom is -0.383 e. The number of carbonyl (C=O) groups is 1. The Balaban J connectivity index is 2.00. The first-order valence-corrected chi connectivity index (χ1v) is 6.87. The Hall–Kier alpha value is -2.61. The van der Waals surface area contributed by atoms with Crippen molar-refractivity contribution in [2.24, 2.45) is 0 Å². The predicted octanol–water partition coefficient (Wildman–Crippen LogP) is 3.27. The van der Waals surface area contributed by atoms with E-state index in [1.807, 2.05) is 0 Å². The number of benzene rings is 2. The molecule has 1 atom stereocenters. The molecule has 24 heavy (non-hydrogen) atoms. The van der Waals surface area contributed by atoms with Crippen LogP contribution < -0.4 is 10.6 Å². The van der Waals surface area contributed by atoms with Gasteiger partial charge in [-0.1, -0.05) is 6.07 Å². The fraction of sp³-hybridized carbons (Fsp3) is 0.188. The van der Waals surface area contributed by atoms with Gasteiger partial charge in [-0.2, -0.15) is 0 Å². The van der Waals surface area contributed by atoms with E-state index in [1.165, 1.54) is 6.92 Å². The number of hydrogen-bond acceptors (Lipinski definition) is 2. The summed E-state index contributed by atoms with van der Waals surface area (Å²) in [5, 5.41) is 14.7. The smallest absolute Gasteiger partial charge is 0.319 e. The van der Waals surface area contributed by atoms with Crippen molar-refractivity contribution in [3.63, 3.8) is 0 Å². The Morgan fingerprint density at radius 2 is 1.75 bits per heavy atom. The molecule has 2 rings (SSSR count). The molecule has 0 aliphatic heterocycles. The number of hydrogen-bond donors (Lipinski definition) is 3. The van der Waals surface area contributed by atoms with Gasteiger partial charge in [0.2, 0.25) is 0 Å². The molecule has 0 fully saturated rings. The number of rotatable bonds is 4. The minimum atomic E-state index is -1.80. The summed E-state index contributed by atoms with van der Waals surface area (Å²) >= 11 is 0. The summed E-state index contributed by atoms with van der Waals surface area (Å²) in [5.74, 6) is -3.94. The SMILES string of the molecule is CC(O)(CNC(=O)Nc1ccc(F)c(F)c1)c1ccc(F)cc1F. The third kappa shape index (κ3) is 4.23. The number of carbonyl (C=O) groups excluding carboxylic acids is 1. The molecule has 0 aliphatic rings. The van der Waals surface area contributed by atoms with Crippen LogP contribution in [0.5, 0.6) is 0 Å². The number of amides is 2. The predicted molar refractivity (Wildman–Crippen MR) is 79.3 cm³/mol. The molecule has 0 bridgehead atoms. The lowest BCUT2D eigenvalue weighted by atomic mass is 9.95. The van der Waals surface area contributed by atoms with Gasteiger partial charge in [0.25, 0.3) is 0 Å². The molecule has 128 valence electrons. The Morgan fingerprint density at radius 3 is 2.38 bits per heavy atom. The standard InChI is InChI=1S/C16H14F4N2O2/c1-16(24,11-4-2-9(17)6-13(11)19)8-21-15(23)22-10-3-5-12(18)14(20)7-10/h2-7,24H,8H2,1H3,(H2,21,22,23). The third-order valence-corrected chi connectivity index (χ3v) is 3.28. The summed E-state index contributed by atoms with van der Waals surface area (Å²) < 4.78 is 52.4. The van der Waals surface area contributed by atoms with Crippen molar-refractivity contribution in [1.29, 1.82) is 0 Å². The van der Waals surface area contributed by atoms with E-state index in [9.17, 15) is 27.5 Å². The second-order valence-corrected chi connectivity index (χ2v) is 5.33. The Bertz CT molecular complexity index is 766. The number of nitrogens with one attached hydrogen (secondary N) is 2. The van der Waals surface area contributed by atoms with Crippen molar-refractivity contribution in [2.45, 2.75) is 12.5 Å². The maximum atomic E-state index is 13.7. The molecule has 2 aromatic carbocycles. The molecule has 0 radical (unpaired) electrons. The molecule has 1 unspecified atom stereocenters. The molecule has 8 heteroatoms. The highest BCUT2D eigenvalue weighted by molar-refractivity contribution is 5.89. The van der Waals surface area contributed by atoms with Crippen LogP contribution in [-0.2, 0) is 5.60 Å². The first-order valence-electron chi connectivity index (χ1n) is 6.87. The normalized spacial score (nSPS) is 13.2. The maximum Gasteiger partial charge on any atom is 0.319 e. The molecule has 2 amide bonds. The zero-order valence-electron chi connectivity index (χ0n) is 12.5. The van der Waals surface area contributed by atoms with Gasteiger partial charge in [-0.05, 0) is 25.1 Å². The molecule has 0 heterocycles. The summed E-state index contributed by atoms with van der Waals surface area (Å²) in [6.07, 6.45) is 0. The van der Waals surface area contributed by atoms with Gasteiger partial charge in [0.15, 0.2) is 11.6 Å². The third-order valence-electron chi connectivity index (χ3n) is 3.28. The van der Waals surface area contributed by atoms with Crippen molar-refractivity contribution >= 4 is 11.7 Å². The molecule has 4 nitrogen and oxygen atoms in total. The summed E-state index contributed by atoms with van der Waals surface area (Å²) in [6, 6.07) is 4.63. The summed E-state index contributed by atoms with van der Waals surface area (Å²) in [7, 11) is 0. The van der Waals surface area contributed by atoms with Gasteiger partial charge in [0.1, 0.15) is 17.2 Å². The summed E-state index contributed by atoms with van der Waals surface area (Å²) in [5.41, 5.74) is -2.00. The largest absolute Gasteiger partial charge is 0.383 e. The van der Waals surface area contributed by atoms with E-state index >= 15 is 0 Å². The van der Waals surface area contributed by atoms with Crippen LogP contribution in [-0.4, -0.2) is 17.7 Å². The molecule has 0 saturated heterocycles. The second-order valence-electron chi connectivity index (χ2n) is 5.33. The van der Waals surface area contributed by atoms with E-state index in [-0.39, 0.29) is 11.3 Å². The lowest BCUT2D eigenvalue weighted by Gasteiger charge is -2.24. The highest BCUT2D eigenvalue weighted by Crippen LogP contribution is 2.23. The van der Waals surface area contributed by atoms with E-state index in [4.69, 9.17) is 0 Å². The van der Waals surface area contributed by atoms with Crippen molar-refractivity contribution < 1.29 is 27.5 Å². The Labute approximate surface area is 135 Å². The van der Waals surface area contributed by atoms with Crippen LogP contribution in [0.4, 0.5) is 28.0 Å². The topological polar surface area (TPSA) is 61.4 Å². The van der Waals surface area contributed by atoms with Gasteiger partial charge in [0, 0.05) is 23.4 Å². The van der Waals surface area contributed by atoms with E-state index in [2.05, 4.69) is 10.6 Å². The van der Waals surface area contributed by atoms with Crippen molar-refractivity contribution in [2.75, 3.05) is 11.9 Å². The van der Waals surface area contributed by atoms with Crippen molar-refractivity contribution in [3.8, 4) is 0 Å². The van der Waals surface area contributed by atoms with E-state index in [0.29, 0.717) is 6.07 Å². The van der Waals surface area contributed by atoms with E-state index in [1.54, 1.807) is 0 Å². The number of aliphatic hydroxyl groups is 1. The fourth-order valence-corrected chi connectivity index (χ4v) is 2.02.